The van der Waals surface area contributed by atoms with Crippen molar-refractivity contribution < 1.29 is 14.3 Å². The molecule has 0 heterocycles. The van der Waals surface area contributed by atoms with Crippen molar-refractivity contribution in [2.45, 2.75) is 26.9 Å². The Hall–Kier alpha value is -3.02. The van der Waals surface area contributed by atoms with Crippen LogP contribution in [0.15, 0.2) is 66.2 Å². The second-order valence-electron chi connectivity index (χ2n) is 7.32. The maximum Gasteiger partial charge on any atom is 0.266 e. The number of nitrogens with zero attached hydrogens (tertiary/aromatic N) is 1. The number of carbonyl (C=O) groups is 1. The first-order valence-electron chi connectivity index (χ1n) is 10.8. The van der Waals surface area contributed by atoms with Crippen molar-refractivity contribution in [2.75, 3.05) is 11.9 Å². The van der Waals surface area contributed by atoms with Gasteiger partial charge in [-0.25, -0.2) is 0 Å². The molecule has 0 fully saturated rings. The number of hydrogen-bond donors (Lipinski definition) is 1. The Morgan fingerprint density at radius 1 is 1.12 bits per heavy atom. The number of benzene rings is 3. The Kier molecular flexibility index (Phi) is 9.37. The normalized spacial score (nSPS) is 11.0. The van der Waals surface area contributed by atoms with Crippen LogP contribution < -0.4 is 14.8 Å². The summed E-state index contributed by atoms with van der Waals surface area (Å²) in [5, 5.41) is 13.0. The average molecular weight is 587 g/mol. The monoisotopic (exact) mass is 586 g/mol. The van der Waals surface area contributed by atoms with Crippen LogP contribution in [0.25, 0.3) is 6.08 Å². The largest absolute Gasteiger partial charge is 0.490 e. The number of anilines is 1. The van der Waals surface area contributed by atoms with Crippen molar-refractivity contribution in [2.24, 2.45) is 0 Å². The number of nitriles is 1. The predicted octanol–water partition coefficient (Wildman–Crippen LogP) is 7.03. The van der Waals surface area contributed by atoms with Gasteiger partial charge in [-0.2, -0.15) is 5.26 Å². The molecule has 0 aromatic heterocycles. The molecule has 3 aromatic carbocycles. The Balaban J connectivity index is 1.83. The van der Waals surface area contributed by atoms with Gasteiger partial charge in [-0.3, -0.25) is 4.79 Å². The summed E-state index contributed by atoms with van der Waals surface area (Å²) in [6.45, 7) is 4.67. The molecule has 0 bridgehead atoms. The van der Waals surface area contributed by atoms with Crippen LogP contribution in [0.5, 0.6) is 11.5 Å². The molecule has 1 N–H and O–H groups in total. The molecule has 0 aliphatic rings. The van der Waals surface area contributed by atoms with Gasteiger partial charge in [-0.1, -0.05) is 48.9 Å². The van der Waals surface area contributed by atoms with E-state index in [4.69, 9.17) is 21.1 Å². The minimum absolute atomic E-state index is 0.0115. The smallest absolute Gasteiger partial charge is 0.266 e. The van der Waals surface area contributed by atoms with Gasteiger partial charge in [0, 0.05) is 16.3 Å². The molecule has 0 saturated heterocycles. The Labute approximate surface area is 218 Å². The lowest BCUT2D eigenvalue weighted by molar-refractivity contribution is -0.112. The molecule has 3 rings (SSSR count). The minimum Gasteiger partial charge on any atom is -0.490 e. The van der Waals surface area contributed by atoms with Crippen LogP contribution in [-0.4, -0.2) is 12.5 Å². The molecule has 34 heavy (non-hydrogen) atoms. The zero-order valence-corrected chi connectivity index (χ0v) is 21.8. The number of nitrogens with one attached hydrogen (secondary N) is 1. The third-order valence-electron chi connectivity index (χ3n) is 4.96. The molecule has 0 spiro atoms. The highest BCUT2D eigenvalue weighted by atomic mass is 127. The summed E-state index contributed by atoms with van der Waals surface area (Å²) in [7, 11) is 0. The van der Waals surface area contributed by atoms with E-state index in [2.05, 4.69) is 34.8 Å². The van der Waals surface area contributed by atoms with Crippen molar-refractivity contribution in [3.8, 4) is 17.6 Å². The number of carbonyl (C=O) groups excluding carboxylic acids is 1. The van der Waals surface area contributed by atoms with Crippen molar-refractivity contribution in [1.82, 2.24) is 0 Å². The third-order valence-corrected chi connectivity index (χ3v) is 6.13. The van der Waals surface area contributed by atoms with Gasteiger partial charge in [0.25, 0.3) is 5.91 Å². The summed E-state index contributed by atoms with van der Waals surface area (Å²) in [6, 6.07) is 20.6. The summed E-state index contributed by atoms with van der Waals surface area (Å²) < 4.78 is 12.6. The van der Waals surface area contributed by atoms with E-state index in [0.29, 0.717) is 34.4 Å². The van der Waals surface area contributed by atoms with Crippen LogP contribution in [0.1, 0.15) is 30.5 Å². The van der Waals surface area contributed by atoms with Gasteiger partial charge in [0.1, 0.15) is 18.2 Å². The standard InChI is InChI=1S/C27H24ClIN2O3/c1-3-18-9-11-22(12-10-18)31-27(32)21(16-30)13-19-14-24(29)26(25(15-19)33-4-2)34-17-20-7-5-6-8-23(20)28/h5-15H,3-4,17H2,1-2H3,(H,31,32)/b21-13-. The summed E-state index contributed by atoms with van der Waals surface area (Å²) in [5.74, 6) is 0.637. The fourth-order valence-electron chi connectivity index (χ4n) is 3.18. The number of halogens is 2. The van der Waals surface area contributed by atoms with E-state index < -0.39 is 5.91 Å². The molecule has 174 valence electrons. The highest BCUT2D eigenvalue weighted by Gasteiger charge is 2.15. The van der Waals surface area contributed by atoms with Crippen molar-refractivity contribution >= 4 is 51.9 Å². The van der Waals surface area contributed by atoms with Crippen LogP contribution >= 0.6 is 34.2 Å². The van der Waals surface area contributed by atoms with Crippen molar-refractivity contribution in [3.63, 3.8) is 0 Å². The highest BCUT2D eigenvalue weighted by Crippen LogP contribution is 2.36. The van der Waals surface area contributed by atoms with Gasteiger partial charge in [0.15, 0.2) is 11.5 Å². The zero-order valence-electron chi connectivity index (χ0n) is 18.9. The maximum absolute atomic E-state index is 12.7. The first-order valence-corrected chi connectivity index (χ1v) is 12.3. The summed E-state index contributed by atoms with van der Waals surface area (Å²) in [5.41, 5.74) is 3.32. The Bertz CT molecular complexity index is 1230. The molecule has 0 aliphatic carbocycles. The van der Waals surface area contributed by atoms with Crippen LogP contribution in [0, 0.1) is 14.9 Å². The molecule has 0 saturated carbocycles. The number of ether oxygens (including phenoxy) is 2. The lowest BCUT2D eigenvalue weighted by Gasteiger charge is -2.15. The van der Waals surface area contributed by atoms with Gasteiger partial charge in [0.2, 0.25) is 0 Å². The van der Waals surface area contributed by atoms with Crippen LogP contribution in [0.4, 0.5) is 5.69 Å². The summed E-state index contributed by atoms with van der Waals surface area (Å²) in [6.07, 6.45) is 2.45. The van der Waals surface area contributed by atoms with Gasteiger partial charge >= 0.3 is 0 Å². The number of hydrogen-bond acceptors (Lipinski definition) is 4. The highest BCUT2D eigenvalue weighted by molar-refractivity contribution is 14.1. The van der Waals surface area contributed by atoms with Gasteiger partial charge in [0.05, 0.1) is 10.2 Å². The van der Waals surface area contributed by atoms with Crippen molar-refractivity contribution in [3.05, 3.63) is 91.5 Å². The Morgan fingerprint density at radius 2 is 1.85 bits per heavy atom. The van der Waals surface area contributed by atoms with Gasteiger partial charge < -0.3 is 14.8 Å². The number of aryl methyl sites for hydroxylation is 1. The fraction of sp³-hybridized carbons (Fsp3) is 0.185. The van der Waals surface area contributed by atoms with E-state index in [1.165, 1.54) is 11.6 Å². The first kappa shape index (κ1) is 25.6. The molecular formula is C27H24ClIN2O3. The van der Waals surface area contributed by atoms with E-state index in [1.807, 2.05) is 67.6 Å². The summed E-state index contributed by atoms with van der Waals surface area (Å²) >= 11 is 8.40. The topological polar surface area (TPSA) is 71.3 Å². The molecule has 0 atom stereocenters. The molecular weight excluding hydrogens is 563 g/mol. The van der Waals surface area contributed by atoms with E-state index in [9.17, 15) is 10.1 Å². The van der Waals surface area contributed by atoms with E-state index in [0.717, 1.165) is 15.6 Å². The zero-order chi connectivity index (χ0) is 24.5. The molecule has 3 aromatic rings. The molecule has 1 amide bonds. The predicted molar refractivity (Wildman–Crippen MR) is 144 cm³/mol. The third kappa shape index (κ3) is 6.75. The molecule has 0 aliphatic heterocycles. The summed E-state index contributed by atoms with van der Waals surface area (Å²) in [4.78, 5) is 12.7. The quantitative estimate of drug-likeness (QED) is 0.166. The van der Waals surface area contributed by atoms with Crippen LogP contribution in [0.2, 0.25) is 5.02 Å². The van der Waals surface area contributed by atoms with Crippen LogP contribution in [0.3, 0.4) is 0 Å². The second-order valence-corrected chi connectivity index (χ2v) is 8.89. The van der Waals surface area contributed by atoms with Gasteiger partial charge in [-0.15, -0.1) is 0 Å². The van der Waals surface area contributed by atoms with E-state index in [-0.39, 0.29) is 12.2 Å². The number of rotatable bonds is 9. The molecule has 0 radical (unpaired) electrons. The SMILES string of the molecule is CCOc1cc(/C=C(/C#N)C(=O)Nc2ccc(CC)cc2)cc(I)c1OCc1ccccc1Cl. The maximum atomic E-state index is 12.7. The molecule has 5 nitrogen and oxygen atoms in total. The molecule has 7 heteroatoms. The van der Waals surface area contributed by atoms with Gasteiger partial charge in [-0.05, 0) is 83.5 Å². The molecule has 0 unspecified atom stereocenters. The van der Waals surface area contributed by atoms with E-state index >= 15 is 0 Å². The van der Waals surface area contributed by atoms with E-state index in [1.54, 1.807) is 6.07 Å². The lowest BCUT2D eigenvalue weighted by Crippen LogP contribution is -2.13. The lowest BCUT2D eigenvalue weighted by atomic mass is 10.1. The number of amides is 1. The average Bonchev–Trinajstić information content (AvgIpc) is 2.83. The first-order chi connectivity index (χ1) is 16.4. The van der Waals surface area contributed by atoms with Crippen molar-refractivity contribution in [1.29, 1.82) is 5.26 Å². The Morgan fingerprint density at radius 3 is 2.50 bits per heavy atom. The second kappa shape index (κ2) is 12.4. The van der Waals surface area contributed by atoms with Crippen LogP contribution in [-0.2, 0) is 17.8 Å². The minimum atomic E-state index is -0.473. The fourth-order valence-corrected chi connectivity index (χ4v) is 4.15.